The van der Waals surface area contributed by atoms with Crippen molar-refractivity contribution >= 4 is 5.97 Å². The summed E-state index contributed by atoms with van der Waals surface area (Å²) < 4.78 is 9.85. The highest BCUT2D eigenvalue weighted by Gasteiger charge is 2.12. The monoisotopic (exact) mass is 203 g/mol. The molecule has 2 N–H and O–H groups in total. The third-order valence-electron chi connectivity index (χ3n) is 1.89. The summed E-state index contributed by atoms with van der Waals surface area (Å²) in [5.41, 5.74) is 5.57. The fourth-order valence-corrected chi connectivity index (χ4v) is 1.06. The van der Waals surface area contributed by atoms with Gasteiger partial charge in [0, 0.05) is 13.7 Å². The van der Waals surface area contributed by atoms with Gasteiger partial charge in [-0.3, -0.25) is 4.79 Å². The first-order valence-electron chi connectivity index (χ1n) is 5.13. The molecule has 0 aliphatic heterocycles. The summed E-state index contributed by atoms with van der Waals surface area (Å²) in [5.74, 6) is -0.288. The highest BCUT2D eigenvalue weighted by atomic mass is 16.5. The number of rotatable bonds is 8. The topological polar surface area (TPSA) is 61.6 Å². The van der Waals surface area contributed by atoms with Crippen LogP contribution in [-0.2, 0) is 14.3 Å². The number of methoxy groups -OCH3 is 1. The lowest BCUT2D eigenvalue weighted by Gasteiger charge is -2.09. The number of carbonyl (C=O) groups is 1. The highest BCUT2D eigenvalue weighted by Crippen LogP contribution is 1.98. The summed E-state index contributed by atoms with van der Waals surface area (Å²) in [6.45, 7) is 3.14. The molecule has 84 valence electrons. The van der Waals surface area contributed by atoms with Crippen molar-refractivity contribution in [3.8, 4) is 0 Å². The first-order chi connectivity index (χ1) is 6.72. The minimum absolute atomic E-state index is 0.288. The third-order valence-corrected chi connectivity index (χ3v) is 1.89. The molecule has 0 aliphatic rings. The van der Waals surface area contributed by atoms with Crippen LogP contribution in [0.15, 0.2) is 0 Å². The van der Waals surface area contributed by atoms with E-state index in [0.717, 1.165) is 19.3 Å². The first kappa shape index (κ1) is 13.4. The van der Waals surface area contributed by atoms with Gasteiger partial charge in [0.15, 0.2) is 0 Å². The van der Waals surface area contributed by atoms with Gasteiger partial charge in [-0.1, -0.05) is 13.3 Å². The Bertz CT molecular complexity index is 150. The van der Waals surface area contributed by atoms with Crippen molar-refractivity contribution in [2.75, 3.05) is 20.3 Å². The number of hydrogen-bond acceptors (Lipinski definition) is 4. The van der Waals surface area contributed by atoms with E-state index in [4.69, 9.17) is 15.2 Å². The quantitative estimate of drug-likeness (QED) is 0.473. The molecule has 0 aliphatic carbocycles. The van der Waals surface area contributed by atoms with Crippen molar-refractivity contribution < 1.29 is 14.3 Å². The van der Waals surface area contributed by atoms with Crippen LogP contribution in [0.3, 0.4) is 0 Å². The summed E-state index contributed by atoms with van der Waals surface area (Å²) in [6.07, 6.45) is 3.34. The van der Waals surface area contributed by atoms with E-state index in [-0.39, 0.29) is 5.97 Å². The Morgan fingerprint density at radius 1 is 1.36 bits per heavy atom. The average molecular weight is 203 g/mol. The summed E-state index contributed by atoms with van der Waals surface area (Å²) in [5, 5.41) is 0. The van der Waals surface area contributed by atoms with Crippen LogP contribution in [0.2, 0.25) is 0 Å². The molecule has 0 radical (unpaired) electrons. The van der Waals surface area contributed by atoms with Crippen LogP contribution >= 0.6 is 0 Å². The number of hydrogen-bond donors (Lipinski definition) is 1. The molecule has 4 nitrogen and oxygen atoms in total. The van der Waals surface area contributed by atoms with Crippen LogP contribution in [0.4, 0.5) is 0 Å². The fourth-order valence-electron chi connectivity index (χ4n) is 1.06. The van der Waals surface area contributed by atoms with Crippen LogP contribution in [0.1, 0.15) is 32.6 Å². The lowest BCUT2D eigenvalue weighted by Crippen LogP contribution is -2.32. The van der Waals surface area contributed by atoms with Crippen molar-refractivity contribution in [3.05, 3.63) is 0 Å². The highest BCUT2D eigenvalue weighted by molar-refractivity contribution is 5.75. The molecule has 0 aromatic rings. The van der Waals surface area contributed by atoms with Crippen LogP contribution in [0.25, 0.3) is 0 Å². The Labute approximate surface area is 85.8 Å². The van der Waals surface area contributed by atoms with E-state index in [0.29, 0.717) is 19.6 Å². The number of nitrogens with two attached hydrogens (primary N) is 1. The largest absolute Gasteiger partial charge is 0.465 e. The molecule has 0 amide bonds. The standard InChI is InChI=1S/C10H21NO3/c1-3-6-9(11)10(12)14-8-5-4-7-13-2/h9H,3-8,11H2,1-2H3. The minimum atomic E-state index is -0.456. The molecule has 1 unspecified atom stereocenters. The zero-order chi connectivity index (χ0) is 10.8. The van der Waals surface area contributed by atoms with E-state index in [2.05, 4.69) is 0 Å². The van der Waals surface area contributed by atoms with Crippen LogP contribution in [0, 0.1) is 0 Å². The number of ether oxygens (including phenoxy) is 2. The van der Waals surface area contributed by atoms with Crippen LogP contribution in [-0.4, -0.2) is 32.3 Å². The fraction of sp³-hybridized carbons (Fsp3) is 0.900. The zero-order valence-corrected chi connectivity index (χ0v) is 9.12. The first-order valence-corrected chi connectivity index (χ1v) is 5.13. The Hall–Kier alpha value is -0.610. The van der Waals surface area contributed by atoms with Crippen LogP contribution in [0.5, 0.6) is 0 Å². The maximum atomic E-state index is 11.2. The van der Waals surface area contributed by atoms with Gasteiger partial charge in [-0.15, -0.1) is 0 Å². The molecule has 0 fully saturated rings. The zero-order valence-electron chi connectivity index (χ0n) is 9.12. The molecular formula is C10H21NO3. The predicted octanol–water partition coefficient (Wildman–Crippen LogP) is 1.08. The molecule has 0 bridgehead atoms. The molecule has 0 heterocycles. The normalized spacial score (nSPS) is 12.5. The van der Waals surface area contributed by atoms with Gasteiger partial charge in [0.05, 0.1) is 6.61 Å². The van der Waals surface area contributed by atoms with Gasteiger partial charge in [-0.05, 0) is 19.3 Å². The number of esters is 1. The van der Waals surface area contributed by atoms with Crippen molar-refractivity contribution in [1.29, 1.82) is 0 Å². The molecule has 1 atom stereocenters. The molecule has 4 heteroatoms. The van der Waals surface area contributed by atoms with Crippen molar-refractivity contribution in [3.63, 3.8) is 0 Å². The SMILES string of the molecule is CCCC(N)C(=O)OCCCCOC. The Balaban J connectivity index is 3.34. The van der Waals surface area contributed by atoms with E-state index in [9.17, 15) is 4.79 Å². The summed E-state index contributed by atoms with van der Waals surface area (Å²) >= 11 is 0. The average Bonchev–Trinajstić information content (AvgIpc) is 2.17. The van der Waals surface area contributed by atoms with E-state index in [1.165, 1.54) is 0 Å². The minimum Gasteiger partial charge on any atom is -0.465 e. The second kappa shape index (κ2) is 8.97. The third kappa shape index (κ3) is 6.86. The second-order valence-electron chi connectivity index (χ2n) is 3.26. The van der Waals surface area contributed by atoms with Gasteiger partial charge < -0.3 is 15.2 Å². The maximum absolute atomic E-state index is 11.2. The number of unbranched alkanes of at least 4 members (excludes halogenated alkanes) is 1. The predicted molar refractivity (Wildman–Crippen MR) is 55.0 cm³/mol. The van der Waals surface area contributed by atoms with E-state index in [1.54, 1.807) is 7.11 Å². The Kier molecular flexibility index (Phi) is 8.57. The van der Waals surface area contributed by atoms with E-state index in [1.807, 2.05) is 6.92 Å². The maximum Gasteiger partial charge on any atom is 0.322 e. The summed E-state index contributed by atoms with van der Waals surface area (Å²) in [4.78, 5) is 11.2. The van der Waals surface area contributed by atoms with Crippen LogP contribution < -0.4 is 5.73 Å². The van der Waals surface area contributed by atoms with Gasteiger partial charge in [0.1, 0.15) is 6.04 Å². The van der Waals surface area contributed by atoms with Crippen molar-refractivity contribution in [1.82, 2.24) is 0 Å². The summed E-state index contributed by atoms with van der Waals surface area (Å²) in [6, 6.07) is -0.456. The smallest absolute Gasteiger partial charge is 0.322 e. The van der Waals surface area contributed by atoms with E-state index >= 15 is 0 Å². The lowest BCUT2D eigenvalue weighted by molar-refractivity contribution is -0.145. The molecular weight excluding hydrogens is 182 g/mol. The molecule has 0 aromatic heterocycles. The van der Waals surface area contributed by atoms with Gasteiger partial charge in [-0.2, -0.15) is 0 Å². The summed E-state index contributed by atoms with van der Waals surface area (Å²) in [7, 11) is 1.66. The van der Waals surface area contributed by atoms with E-state index < -0.39 is 6.04 Å². The molecule has 0 saturated heterocycles. The van der Waals surface area contributed by atoms with Gasteiger partial charge in [-0.25, -0.2) is 0 Å². The molecule has 0 rings (SSSR count). The van der Waals surface area contributed by atoms with Crippen molar-refractivity contribution in [2.24, 2.45) is 5.73 Å². The number of carbonyl (C=O) groups excluding carboxylic acids is 1. The molecule has 0 aromatic carbocycles. The van der Waals surface area contributed by atoms with Gasteiger partial charge >= 0.3 is 5.97 Å². The Morgan fingerprint density at radius 3 is 2.57 bits per heavy atom. The van der Waals surface area contributed by atoms with Gasteiger partial charge in [0.2, 0.25) is 0 Å². The molecule has 0 saturated carbocycles. The van der Waals surface area contributed by atoms with Crippen molar-refractivity contribution in [2.45, 2.75) is 38.6 Å². The lowest BCUT2D eigenvalue weighted by atomic mass is 10.2. The Morgan fingerprint density at radius 2 is 2.00 bits per heavy atom. The second-order valence-corrected chi connectivity index (χ2v) is 3.26. The molecule has 14 heavy (non-hydrogen) atoms. The van der Waals surface area contributed by atoms with Gasteiger partial charge in [0.25, 0.3) is 0 Å². The molecule has 0 spiro atoms.